The van der Waals surface area contributed by atoms with E-state index in [0.29, 0.717) is 5.92 Å². The molecular formula is C13H21N3O2S. The lowest BCUT2D eigenvalue weighted by Gasteiger charge is -2.39. The molecule has 19 heavy (non-hydrogen) atoms. The summed E-state index contributed by atoms with van der Waals surface area (Å²) in [7, 11) is 0. The predicted molar refractivity (Wildman–Crippen MR) is 73.8 cm³/mol. The van der Waals surface area contributed by atoms with E-state index in [1.807, 2.05) is 13.1 Å². The van der Waals surface area contributed by atoms with Crippen LogP contribution in [0.1, 0.15) is 35.2 Å². The smallest absolute Gasteiger partial charge is 0.0940 e. The highest BCUT2D eigenvalue weighted by molar-refractivity contribution is 7.11. The molecule has 1 aromatic rings. The number of nitrogens with two attached hydrogens (primary N) is 1. The first-order valence-corrected chi connectivity index (χ1v) is 7.64. The summed E-state index contributed by atoms with van der Waals surface area (Å²) < 4.78 is 11.5. The highest BCUT2D eigenvalue weighted by atomic mass is 32.1. The second kappa shape index (κ2) is 5.46. The Balaban J connectivity index is 1.76. The first kappa shape index (κ1) is 13.5. The van der Waals surface area contributed by atoms with Gasteiger partial charge in [-0.05, 0) is 25.7 Å². The van der Waals surface area contributed by atoms with Crippen molar-refractivity contribution < 1.29 is 9.47 Å². The first-order chi connectivity index (χ1) is 9.22. The lowest BCUT2D eigenvalue weighted by atomic mass is 9.81. The normalized spacial score (nSPS) is 32.8. The SMILES string of the molecule is Cc1ncc(C(NN)C2CCOC3(CCOC3)C2)s1. The van der Waals surface area contributed by atoms with Gasteiger partial charge in [-0.2, -0.15) is 0 Å². The molecule has 0 amide bonds. The first-order valence-electron chi connectivity index (χ1n) is 6.83. The third kappa shape index (κ3) is 2.68. The number of hydrazine groups is 1. The zero-order valence-corrected chi connectivity index (χ0v) is 12.0. The number of hydrogen-bond donors (Lipinski definition) is 2. The molecule has 0 bridgehead atoms. The van der Waals surface area contributed by atoms with Gasteiger partial charge >= 0.3 is 0 Å². The van der Waals surface area contributed by atoms with Gasteiger partial charge in [-0.3, -0.25) is 11.3 Å². The Morgan fingerprint density at radius 1 is 1.58 bits per heavy atom. The summed E-state index contributed by atoms with van der Waals surface area (Å²) in [5, 5.41) is 1.08. The van der Waals surface area contributed by atoms with Crippen LogP contribution in [-0.2, 0) is 9.47 Å². The minimum atomic E-state index is -0.0717. The molecular weight excluding hydrogens is 262 g/mol. The fraction of sp³-hybridized carbons (Fsp3) is 0.769. The van der Waals surface area contributed by atoms with Crippen molar-refractivity contribution in [1.82, 2.24) is 10.4 Å². The Kier molecular flexibility index (Phi) is 3.86. The molecule has 2 aliphatic heterocycles. The molecule has 1 aromatic heterocycles. The predicted octanol–water partition coefficient (Wildman–Crippen LogP) is 1.54. The molecule has 0 aromatic carbocycles. The molecule has 2 aliphatic rings. The highest BCUT2D eigenvalue weighted by Gasteiger charge is 2.43. The van der Waals surface area contributed by atoms with Crippen molar-refractivity contribution in [3.8, 4) is 0 Å². The number of nitrogens with one attached hydrogen (secondary N) is 1. The molecule has 3 N–H and O–H groups in total. The number of aromatic nitrogens is 1. The van der Waals surface area contributed by atoms with Gasteiger partial charge in [0.25, 0.3) is 0 Å². The van der Waals surface area contributed by atoms with E-state index in [-0.39, 0.29) is 11.6 Å². The maximum Gasteiger partial charge on any atom is 0.0940 e. The lowest BCUT2D eigenvalue weighted by molar-refractivity contribution is -0.103. The van der Waals surface area contributed by atoms with E-state index < -0.39 is 0 Å². The Hall–Kier alpha value is -0.530. The van der Waals surface area contributed by atoms with Crippen LogP contribution in [0.5, 0.6) is 0 Å². The summed E-state index contributed by atoms with van der Waals surface area (Å²) in [6, 6.07) is 0.174. The molecule has 1 spiro atoms. The number of thiazole rings is 1. The van der Waals surface area contributed by atoms with Crippen molar-refractivity contribution in [3.63, 3.8) is 0 Å². The number of hydrogen-bond acceptors (Lipinski definition) is 6. The number of ether oxygens (including phenoxy) is 2. The van der Waals surface area contributed by atoms with E-state index in [1.165, 1.54) is 4.88 Å². The van der Waals surface area contributed by atoms with Crippen LogP contribution in [-0.4, -0.2) is 30.4 Å². The topological polar surface area (TPSA) is 69.4 Å². The van der Waals surface area contributed by atoms with Gasteiger partial charge in [-0.1, -0.05) is 0 Å². The number of aryl methyl sites for hydroxylation is 1. The van der Waals surface area contributed by atoms with Gasteiger partial charge in [0.1, 0.15) is 0 Å². The third-order valence-corrected chi connectivity index (χ3v) is 5.19. The molecule has 0 saturated carbocycles. The fourth-order valence-corrected chi connectivity index (χ4v) is 4.12. The van der Waals surface area contributed by atoms with E-state index in [9.17, 15) is 0 Å². The summed E-state index contributed by atoms with van der Waals surface area (Å²) >= 11 is 1.72. The molecule has 5 nitrogen and oxygen atoms in total. The Morgan fingerprint density at radius 3 is 3.11 bits per heavy atom. The third-order valence-electron chi connectivity index (χ3n) is 4.19. The molecule has 2 saturated heterocycles. The molecule has 0 aliphatic carbocycles. The summed E-state index contributed by atoms with van der Waals surface area (Å²) in [6.07, 6.45) is 4.99. The van der Waals surface area contributed by atoms with E-state index in [0.717, 1.165) is 44.1 Å². The molecule has 2 fully saturated rings. The van der Waals surface area contributed by atoms with Crippen LogP contribution in [0.4, 0.5) is 0 Å². The van der Waals surface area contributed by atoms with Crippen molar-refractivity contribution >= 4 is 11.3 Å². The van der Waals surface area contributed by atoms with E-state index in [2.05, 4.69) is 10.4 Å². The minimum Gasteiger partial charge on any atom is -0.378 e. The van der Waals surface area contributed by atoms with Gasteiger partial charge in [0.2, 0.25) is 0 Å². The zero-order chi connectivity index (χ0) is 13.3. The van der Waals surface area contributed by atoms with Crippen LogP contribution in [0, 0.1) is 12.8 Å². The molecule has 106 valence electrons. The maximum atomic E-state index is 5.99. The largest absolute Gasteiger partial charge is 0.378 e. The van der Waals surface area contributed by atoms with Crippen LogP contribution in [0.3, 0.4) is 0 Å². The second-order valence-electron chi connectivity index (χ2n) is 5.51. The van der Waals surface area contributed by atoms with Crippen LogP contribution < -0.4 is 11.3 Å². The van der Waals surface area contributed by atoms with Gasteiger partial charge in [-0.25, -0.2) is 4.98 Å². The van der Waals surface area contributed by atoms with E-state index in [4.69, 9.17) is 15.3 Å². The van der Waals surface area contributed by atoms with Crippen molar-refractivity contribution in [2.24, 2.45) is 11.8 Å². The van der Waals surface area contributed by atoms with Gasteiger partial charge in [0, 0.05) is 30.7 Å². The molecule has 3 atom stereocenters. The van der Waals surface area contributed by atoms with Gasteiger partial charge in [0.05, 0.1) is 23.3 Å². The zero-order valence-electron chi connectivity index (χ0n) is 11.2. The molecule has 3 unspecified atom stereocenters. The van der Waals surface area contributed by atoms with Crippen LogP contribution >= 0.6 is 11.3 Å². The molecule has 0 radical (unpaired) electrons. The van der Waals surface area contributed by atoms with E-state index in [1.54, 1.807) is 11.3 Å². The summed E-state index contributed by atoms with van der Waals surface area (Å²) in [4.78, 5) is 5.56. The average molecular weight is 283 g/mol. The Labute approximate surface area is 117 Å². The quantitative estimate of drug-likeness (QED) is 0.650. The highest BCUT2D eigenvalue weighted by Crippen LogP contribution is 2.41. The Morgan fingerprint density at radius 2 is 2.47 bits per heavy atom. The summed E-state index contributed by atoms with van der Waals surface area (Å²) in [5.41, 5.74) is 2.91. The van der Waals surface area contributed by atoms with Crippen molar-refractivity contribution in [3.05, 3.63) is 16.1 Å². The maximum absolute atomic E-state index is 5.99. The Bertz CT molecular complexity index is 431. The summed E-state index contributed by atoms with van der Waals surface area (Å²) in [5.74, 6) is 6.28. The van der Waals surface area contributed by atoms with Crippen molar-refractivity contribution in [1.29, 1.82) is 0 Å². The fourth-order valence-electron chi connectivity index (χ4n) is 3.19. The van der Waals surface area contributed by atoms with Crippen LogP contribution in [0.15, 0.2) is 6.20 Å². The second-order valence-corrected chi connectivity index (χ2v) is 6.78. The number of rotatable bonds is 3. The molecule has 3 heterocycles. The van der Waals surface area contributed by atoms with Crippen molar-refractivity contribution in [2.75, 3.05) is 19.8 Å². The molecule has 6 heteroatoms. The monoisotopic (exact) mass is 283 g/mol. The van der Waals surface area contributed by atoms with E-state index >= 15 is 0 Å². The average Bonchev–Trinajstić information content (AvgIpc) is 3.01. The lowest BCUT2D eigenvalue weighted by Crippen LogP contribution is -2.45. The van der Waals surface area contributed by atoms with Gasteiger partial charge < -0.3 is 9.47 Å². The van der Waals surface area contributed by atoms with Crippen LogP contribution in [0.25, 0.3) is 0 Å². The van der Waals surface area contributed by atoms with Gasteiger partial charge in [0.15, 0.2) is 0 Å². The van der Waals surface area contributed by atoms with Gasteiger partial charge in [-0.15, -0.1) is 11.3 Å². The number of nitrogens with zero attached hydrogens (tertiary/aromatic N) is 1. The summed E-state index contributed by atoms with van der Waals surface area (Å²) in [6.45, 7) is 4.36. The molecule has 3 rings (SSSR count). The standard InChI is InChI=1S/C13H21N3O2S/c1-9-15-7-11(19-9)12(16-14)10-2-4-18-13(6-10)3-5-17-8-13/h7,10,12,16H,2-6,8,14H2,1H3. The minimum absolute atomic E-state index is 0.0717. The van der Waals surface area contributed by atoms with Crippen LogP contribution in [0.2, 0.25) is 0 Å². The van der Waals surface area contributed by atoms with Crippen molar-refractivity contribution in [2.45, 2.75) is 37.8 Å².